The molecule has 0 aliphatic heterocycles. The van der Waals surface area contributed by atoms with E-state index in [0.29, 0.717) is 11.7 Å². The van der Waals surface area contributed by atoms with Gasteiger partial charge in [0.2, 0.25) is 0 Å². The van der Waals surface area contributed by atoms with Crippen LogP contribution in [0, 0.1) is 5.92 Å². The van der Waals surface area contributed by atoms with Gasteiger partial charge < -0.3 is 14.9 Å². The van der Waals surface area contributed by atoms with E-state index in [9.17, 15) is 9.90 Å². The van der Waals surface area contributed by atoms with Gasteiger partial charge in [-0.15, -0.1) is 0 Å². The van der Waals surface area contributed by atoms with E-state index >= 15 is 0 Å². The lowest BCUT2D eigenvalue weighted by Crippen LogP contribution is -2.35. The summed E-state index contributed by atoms with van der Waals surface area (Å²) in [6.07, 6.45) is 7.21. The SMILES string of the molecule is O=C(NCC(O)C1CCCC1)c1cc(-c2cccnc2)on1. The maximum Gasteiger partial charge on any atom is 0.273 e. The molecule has 1 aliphatic rings. The summed E-state index contributed by atoms with van der Waals surface area (Å²) >= 11 is 0. The number of carbonyl (C=O) groups is 1. The van der Waals surface area contributed by atoms with Gasteiger partial charge in [0.05, 0.1) is 6.10 Å². The minimum atomic E-state index is -0.490. The monoisotopic (exact) mass is 301 g/mol. The van der Waals surface area contributed by atoms with Gasteiger partial charge in [0.15, 0.2) is 11.5 Å². The minimum absolute atomic E-state index is 0.206. The number of aliphatic hydroxyl groups excluding tert-OH is 1. The van der Waals surface area contributed by atoms with Crippen molar-refractivity contribution in [1.82, 2.24) is 15.5 Å². The van der Waals surface area contributed by atoms with Gasteiger partial charge in [0.25, 0.3) is 5.91 Å². The molecule has 3 rings (SSSR count). The van der Waals surface area contributed by atoms with Crippen LogP contribution in [0.1, 0.15) is 36.2 Å². The van der Waals surface area contributed by atoms with Gasteiger partial charge in [-0.1, -0.05) is 18.0 Å². The van der Waals surface area contributed by atoms with Crippen molar-refractivity contribution in [2.45, 2.75) is 31.8 Å². The maximum absolute atomic E-state index is 12.0. The minimum Gasteiger partial charge on any atom is -0.391 e. The molecule has 22 heavy (non-hydrogen) atoms. The van der Waals surface area contributed by atoms with Gasteiger partial charge in [0, 0.05) is 30.6 Å². The summed E-state index contributed by atoms with van der Waals surface area (Å²) in [7, 11) is 0. The van der Waals surface area contributed by atoms with E-state index in [1.165, 1.54) is 0 Å². The molecular weight excluding hydrogens is 282 g/mol. The fraction of sp³-hybridized carbons (Fsp3) is 0.438. The predicted molar refractivity (Wildman–Crippen MR) is 80.0 cm³/mol. The van der Waals surface area contributed by atoms with E-state index in [1.54, 1.807) is 24.5 Å². The first-order valence-corrected chi connectivity index (χ1v) is 7.57. The number of amides is 1. The van der Waals surface area contributed by atoms with Gasteiger partial charge in [-0.2, -0.15) is 0 Å². The molecule has 6 heteroatoms. The Morgan fingerprint density at radius 2 is 2.27 bits per heavy atom. The molecule has 1 amide bonds. The van der Waals surface area contributed by atoms with Crippen LogP contribution < -0.4 is 5.32 Å². The summed E-state index contributed by atoms with van der Waals surface area (Å²) in [5.41, 5.74) is 0.970. The number of rotatable bonds is 5. The number of nitrogens with zero attached hydrogens (tertiary/aromatic N) is 2. The van der Waals surface area contributed by atoms with Crippen LogP contribution in [0.4, 0.5) is 0 Å². The van der Waals surface area contributed by atoms with Crippen molar-refractivity contribution >= 4 is 5.91 Å². The summed E-state index contributed by atoms with van der Waals surface area (Å²) in [4.78, 5) is 16.0. The molecular formula is C16H19N3O3. The summed E-state index contributed by atoms with van der Waals surface area (Å²) in [6, 6.07) is 5.20. The zero-order valence-electron chi connectivity index (χ0n) is 12.2. The van der Waals surface area contributed by atoms with Gasteiger partial charge >= 0.3 is 0 Å². The highest BCUT2D eigenvalue weighted by Gasteiger charge is 2.24. The van der Waals surface area contributed by atoms with Crippen molar-refractivity contribution in [3.63, 3.8) is 0 Å². The summed E-state index contributed by atoms with van der Waals surface area (Å²) in [6.45, 7) is 0.249. The molecule has 6 nitrogen and oxygen atoms in total. The number of carbonyl (C=O) groups excluding carboxylic acids is 1. The molecule has 2 heterocycles. The molecule has 1 atom stereocenters. The van der Waals surface area contributed by atoms with Crippen LogP contribution in [-0.2, 0) is 0 Å². The molecule has 0 saturated heterocycles. The fourth-order valence-corrected chi connectivity index (χ4v) is 2.82. The topological polar surface area (TPSA) is 88.2 Å². The first kappa shape index (κ1) is 14.7. The van der Waals surface area contributed by atoms with Crippen LogP contribution >= 0.6 is 0 Å². The molecule has 2 aromatic rings. The van der Waals surface area contributed by atoms with E-state index in [2.05, 4.69) is 15.5 Å². The molecule has 1 unspecified atom stereocenters. The maximum atomic E-state index is 12.0. The van der Waals surface area contributed by atoms with Crippen molar-refractivity contribution in [3.8, 4) is 11.3 Å². The zero-order chi connectivity index (χ0) is 15.4. The number of hydrogen-bond acceptors (Lipinski definition) is 5. The van der Waals surface area contributed by atoms with Crippen molar-refractivity contribution in [2.75, 3.05) is 6.54 Å². The standard InChI is InChI=1S/C16H19N3O3/c20-14(11-4-1-2-5-11)10-18-16(21)13-8-15(22-19-13)12-6-3-7-17-9-12/h3,6-9,11,14,20H,1-2,4-5,10H2,(H,18,21). The molecule has 2 N–H and O–H groups in total. The Balaban J connectivity index is 1.57. The zero-order valence-corrected chi connectivity index (χ0v) is 12.2. The Hall–Kier alpha value is -2.21. The smallest absolute Gasteiger partial charge is 0.273 e. The second kappa shape index (κ2) is 6.70. The second-order valence-corrected chi connectivity index (χ2v) is 5.64. The van der Waals surface area contributed by atoms with Gasteiger partial charge in [0.1, 0.15) is 0 Å². The molecule has 1 saturated carbocycles. The van der Waals surface area contributed by atoms with Crippen molar-refractivity contribution in [1.29, 1.82) is 0 Å². The second-order valence-electron chi connectivity index (χ2n) is 5.64. The number of nitrogens with one attached hydrogen (secondary N) is 1. The average molecular weight is 301 g/mol. The summed E-state index contributed by atoms with van der Waals surface area (Å²) in [5, 5.41) is 16.5. The Morgan fingerprint density at radius 1 is 1.45 bits per heavy atom. The molecule has 116 valence electrons. The highest BCUT2D eigenvalue weighted by Crippen LogP contribution is 2.27. The average Bonchev–Trinajstić information content (AvgIpc) is 3.24. The molecule has 1 aliphatic carbocycles. The first-order valence-electron chi connectivity index (χ1n) is 7.57. The fourth-order valence-electron chi connectivity index (χ4n) is 2.82. The third-order valence-electron chi connectivity index (χ3n) is 4.10. The van der Waals surface area contributed by atoms with Crippen molar-refractivity contribution in [2.24, 2.45) is 5.92 Å². The van der Waals surface area contributed by atoms with Crippen LogP contribution in [-0.4, -0.2) is 33.8 Å². The van der Waals surface area contributed by atoms with E-state index in [1.807, 2.05) is 6.07 Å². The molecule has 0 bridgehead atoms. The van der Waals surface area contributed by atoms with Crippen LogP contribution in [0.15, 0.2) is 35.1 Å². The molecule has 0 spiro atoms. The van der Waals surface area contributed by atoms with Crippen LogP contribution in [0.2, 0.25) is 0 Å². The molecule has 0 aromatic carbocycles. The van der Waals surface area contributed by atoms with Crippen LogP contribution in [0.3, 0.4) is 0 Å². The van der Waals surface area contributed by atoms with Gasteiger partial charge in [-0.05, 0) is 30.9 Å². The van der Waals surface area contributed by atoms with Crippen molar-refractivity contribution in [3.05, 3.63) is 36.3 Å². The molecule has 2 aromatic heterocycles. The van der Waals surface area contributed by atoms with Crippen molar-refractivity contribution < 1.29 is 14.4 Å². The van der Waals surface area contributed by atoms with Gasteiger partial charge in [-0.3, -0.25) is 9.78 Å². The van der Waals surface area contributed by atoms with Gasteiger partial charge in [-0.25, -0.2) is 0 Å². The molecule has 1 fully saturated rings. The number of pyridine rings is 1. The Kier molecular flexibility index (Phi) is 4.48. The third-order valence-corrected chi connectivity index (χ3v) is 4.10. The van der Waals surface area contributed by atoms with Crippen LogP contribution in [0.25, 0.3) is 11.3 Å². The van der Waals surface area contributed by atoms with E-state index in [0.717, 1.165) is 31.2 Å². The lowest BCUT2D eigenvalue weighted by Gasteiger charge is -2.17. The summed E-state index contributed by atoms with van der Waals surface area (Å²) in [5.74, 6) is 0.453. The number of aliphatic hydroxyl groups is 1. The number of aromatic nitrogens is 2. The highest BCUT2D eigenvalue weighted by molar-refractivity contribution is 5.93. The Morgan fingerprint density at radius 3 is 3.00 bits per heavy atom. The van der Waals surface area contributed by atoms with E-state index < -0.39 is 6.10 Å². The Labute approximate surface area is 128 Å². The van der Waals surface area contributed by atoms with Crippen LogP contribution in [0.5, 0.6) is 0 Å². The third kappa shape index (κ3) is 3.33. The quantitative estimate of drug-likeness (QED) is 0.882. The van der Waals surface area contributed by atoms with E-state index in [-0.39, 0.29) is 18.1 Å². The lowest BCUT2D eigenvalue weighted by atomic mass is 10.0. The normalized spacial score (nSPS) is 16.6. The molecule has 0 radical (unpaired) electrons. The Bertz CT molecular complexity index is 621. The summed E-state index contributed by atoms with van der Waals surface area (Å²) < 4.78 is 5.17. The number of hydrogen-bond donors (Lipinski definition) is 2. The first-order chi connectivity index (χ1) is 10.7. The highest BCUT2D eigenvalue weighted by atomic mass is 16.5. The lowest BCUT2D eigenvalue weighted by molar-refractivity contribution is 0.0833. The predicted octanol–water partition coefficient (Wildman–Crippen LogP) is 2.02. The largest absolute Gasteiger partial charge is 0.391 e. The van der Waals surface area contributed by atoms with E-state index in [4.69, 9.17) is 4.52 Å².